The first-order valence-corrected chi connectivity index (χ1v) is 10.8. The number of fused-ring (bicyclic) bond motifs is 1. The van der Waals surface area contributed by atoms with Crippen LogP contribution in [0.25, 0.3) is 10.9 Å². The number of H-pyrrole nitrogens is 1. The second-order valence-corrected chi connectivity index (χ2v) is 8.76. The average molecular weight is 399 g/mol. The van der Waals surface area contributed by atoms with Crippen LogP contribution in [0.4, 0.5) is 0 Å². The molecule has 1 amide bonds. The highest BCUT2D eigenvalue weighted by Crippen LogP contribution is 2.15. The number of nitrogens with one attached hydrogen (secondary N) is 1. The smallest absolute Gasteiger partial charge is 0.286 e. The molecular formula is C23H17N3O2S. The van der Waals surface area contributed by atoms with Crippen LogP contribution >= 0.6 is 0 Å². The first-order valence-electron chi connectivity index (χ1n) is 8.87. The van der Waals surface area contributed by atoms with Crippen molar-refractivity contribution in [3.8, 4) is 11.8 Å². The Morgan fingerprint density at radius 3 is 2.62 bits per heavy atom. The molecule has 0 fully saturated rings. The zero-order valence-electron chi connectivity index (χ0n) is 15.6. The summed E-state index contributed by atoms with van der Waals surface area (Å²) in [4.78, 5) is 20.3. The molecule has 0 aliphatic carbocycles. The van der Waals surface area contributed by atoms with E-state index in [1.165, 1.54) is 12.5 Å². The molecule has 2 aromatic heterocycles. The Labute approximate surface area is 169 Å². The van der Waals surface area contributed by atoms with Crippen molar-refractivity contribution in [1.29, 1.82) is 0 Å². The maximum Gasteiger partial charge on any atom is 0.286 e. The number of aromatic nitrogens is 2. The number of aromatic amines is 1. The molecule has 0 unspecified atom stereocenters. The molecular weight excluding hydrogens is 382 g/mol. The molecule has 0 aliphatic heterocycles. The highest BCUT2D eigenvalue weighted by Gasteiger charge is 2.11. The van der Waals surface area contributed by atoms with Crippen molar-refractivity contribution < 1.29 is 9.00 Å². The summed E-state index contributed by atoms with van der Waals surface area (Å²) in [6.07, 6.45) is 6.32. The normalized spacial score (nSPS) is 12.6. The largest absolute Gasteiger partial charge is 0.361 e. The first kappa shape index (κ1) is 18.7. The van der Waals surface area contributed by atoms with Crippen LogP contribution in [0.1, 0.15) is 21.5 Å². The number of nitrogens with zero attached hydrogens (tertiary/aromatic N) is 2. The zero-order valence-corrected chi connectivity index (χ0v) is 16.4. The predicted octanol–water partition coefficient (Wildman–Crippen LogP) is 4.26. The minimum Gasteiger partial charge on any atom is -0.361 e. The fourth-order valence-electron chi connectivity index (χ4n) is 2.83. The van der Waals surface area contributed by atoms with Crippen LogP contribution in [-0.2, 0) is 9.73 Å². The summed E-state index contributed by atoms with van der Waals surface area (Å²) >= 11 is 0. The molecule has 1 N–H and O–H groups in total. The molecule has 0 spiro atoms. The Morgan fingerprint density at radius 2 is 1.79 bits per heavy atom. The standard InChI is InChI=1S/C23H17N3O2S/c1-29(28,21-5-3-2-4-6-21)26-23(27)20-13-18(15-24-16-20)8-7-17-9-10-19-11-12-25-22(19)14-17/h2-6,9-16,25H,1H3/t29-/m1/s1. The second-order valence-electron chi connectivity index (χ2n) is 6.50. The summed E-state index contributed by atoms with van der Waals surface area (Å²) in [5.41, 5.74) is 2.69. The number of carbonyl (C=O) groups excluding carboxylic acids is 1. The monoisotopic (exact) mass is 399 g/mol. The van der Waals surface area contributed by atoms with Gasteiger partial charge in [0.1, 0.15) is 0 Å². The van der Waals surface area contributed by atoms with Gasteiger partial charge < -0.3 is 4.98 Å². The van der Waals surface area contributed by atoms with E-state index in [1.54, 1.807) is 36.5 Å². The van der Waals surface area contributed by atoms with E-state index in [0.29, 0.717) is 10.5 Å². The van der Waals surface area contributed by atoms with Gasteiger partial charge >= 0.3 is 0 Å². The van der Waals surface area contributed by atoms with Gasteiger partial charge in [-0.2, -0.15) is 4.36 Å². The van der Waals surface area contributed by atoms with Gasteiger partial charge in [-0.1, -0.05) is 36.1 Å². The highest BCUT2D eigenvalue weighted by atomic mass is 32.2. The van der Waals surface area contributed by atoms with E-state index < -0.39 is 15.6 Å². The SMILES string of the molecule is C[S@](=O)(=NC(=O)c1cncc(C#Cc2ccc3cc[nH]c3c2)c1)c1ccccc1. The molecule has 142 valence electrons. The van der Waals surface area contributed by atoms with Gasteiger partial charge in [-0.3, -0.25) is 9.78 Å². The summed E-state index contributed by atoms with van der Waals surface area (Å²) in [5.74, 6) is 5.51. The van der Waals surface area contributed by atoms with Gasteiger partial charge in [0.15, 0.2) is 0 Å². The molecule has 29 heavy (non-hydrogen) atoms. The molecule has 0 saturated heterocycles. The van der Waals surface area contributed by atoms with Crippen LogP contribution in [0.3, 0.4) is 0 Å². The first-order chi connectivity index (χ1) is 14.0. The molecule has 5 nitrogen and oxygen atoms in total. The fraction of sp³-hybridized carbons (Fsp3) is 0.0435. The quantitative estimate of drug-likeness (QED) is 0.512. The Hall–Kier alpha value is -3.69. The Bertz CT molecular complexity index is 1390. The third kappa shape index (κ3) is 4.26. The number of rotatable bonds is 2. The van der Waals surface area contributed by atoms with Gasteiger partial charge in [-0.05, 0) is 41.8 Å². The van der Waals surface area contributed by atoms with Crippen LogP contribution < -0.4 is 0 Å². The van der Waals surface area contributed by atoms with E-state index in [2.05, 4.69) is 26.2 Å². The zero-order chi connectivity index (χ0) is 20.3. The van der Waals surface area contributed by atoms with Gasteiger partial charge in [-0.15, -0.1) is 0 Å². The number of benzene rings is 2. The summed E-state index contributed by atoms with van der Waals surface area (Å²) in [6.45, 7) is 0. The number of hydrogen-bond acceptors (Lipinski definition) is 3. The molecule has 0 radical (unpaired) electrons. The third-order valence-corrected chi connectivity index (χ3v) is 5.99. The molecule has 4 aromatic rings. The van der Waals surface area contributed by atoms with Gasteiger partial charge in [0.2, 0.25) is 0 Å². The van der Waals surface area contributed by atoms with Crippen molar-refractivity contribution in [2.45, 2.75) is 4.90 Å². The van der Waals surface area contributed by atoms with Crippen LogP contribution in [0, 0.1) is 11.8 Å². The lowest BCUT2D eigenvalue weighted by molar-refractivity contribution is 0.100. The van der Waals surface area contributed by atoms with E-state index in [9.17, 15) is 9.00 Å². The Kier molecular flexibility index (Phi) is 4.98. The summed E-state index contributed by atoms with van der Waals surface area (Å²) in [6, 6.07) is 18.2. The number of hydrogen-bond donors (Lipinski definition) is 1. The van der Waals surface area contributed by atoms with E-state index in [-0.39, 0.29) is 5.56 Å². The molecule has 6 heteroatoms. The average Bonchev–Trinajstić information content (AvgIpc) is 3.21. The number of amides is 1. The van der Waals surface area contributed by atoms with E-state index in [0.717, 1.165) is 16.5 Å². The molecule has 4 rings (SSSR count). The number of pyridine rings is 1. The van der Waals surface area contributed by atoms with Crippen molar-refractivity contribution in [3.05, 3.63) is 95.9 Å². The summed E-state index contributed by atoms with van der Waals surface area (Å²) in [5, 5.41) is 1.12. The predicted molar refractivity (Wildman–Crippen MR) is 114 cm³/mol. The maximum atomic E-state index is 12.8. The molecule has 0 bridgehead atoms. The lowest BCUT2D eigenvalue weighted by Crippen LogP contribution is -2.04. The Morgan fingerprint density at radius 1 is 1.00 bits per heavy atom. The van der Waals surface area contributed by atoms with Gasteiger partial charge in [-0.25, -0.2) is 4.21 Å². The van der Waals surface area contributed by atoms with Crippen molar-refractivity contribution >= 4 is 26.5 Å². The van der Waals surface area contributed by atoms with Crippen molar-refractivity contribution in [2.24, 2.45) is 4.36 Å². The van der Waals surface area contributed by atoms with Crippen LogP contribution in [0.15, 0.2) is 88.5 Å². The van der Waals surface area contributed by atoms with E-state index >= 15 is 0 Å². The van der Waals surface area contributed by atoms with Gasteiger partial charge in [0.05, 0.1) is 15.3 Å². The van der Waals surface area contributed by atoms with Crippen molar-refractivity contribution in [3.63, 3.8) is 0 Å². The van der Waals surface area contributed by atoms with Crippen LogP contribution in [0.5, 0.6) is 0 Å². The molecule has 2 heterocycles. The topological polar surface area (TPSA) is 75.2 Å². The van der Waals surface area contributed by atoms with Gasteiger partial charge in [0.25, 0.3) is 5.91 Å². The lowest BCUT2D eigenvalue weighted by atomic mass is 10.1. The van der Waals surface area contributed by atoms with Crippen molar-refractivity contribution in [2.75, 3.05) is 6.26 Å². The van der Waals surface area contributed by atoms with Crippen molar-refractivity contribution in [1.82, 2.24) is 9.97 Å². The maximum absolute atomic E-state index is 12.8. The molecule has 1 atom stereocenters. The molecule has 0 saturated carbocycles. The van der Waals surface area contributed by atoms with Gasteiger partial charge in [0, 0.05) is 46.4 Å². The Balaban J connectivity index is 1.61. The third-order valence-electron chi connectivity index (χ3n) is 4.33. The summed E-state index contributed by atoms with van der Waals surface area (Å²) in [7, 11) is -2.83. The molecule has 2 aromatic carbocycles. The minimum atomic E-state index is -2.83. The van der Waals surface area contributed by atoms with Crippen LogP contribution in [0.2, 0.25) is 0 Å². The number of carbonyl (C=O) groups is 1. The highest BCUT2D eigenvalue weighted by molar-refractivity contribution is 7.93. The lowest BCUT2D eigenvalue weighted by Gasteiger charge is -2.03. The van der Waals surface area contributed by atoms with E-state index in [4.69, 9.17) is 0 Å². The summed E-state index contributed by atoms with van der Waals surface area (Å²) < 4.78 is 16.7. The minimum absolute atomic E-state index is 0.252. The van der Waals surface area contributed by atoms with E-state index in [1.807, 2.05) is 36.5 Å². The molecule has 0 aliphatic rings. The fourth-order valence-corrected chi connectivity index (χ4v) is 4.02. The second kappa shape index (κ2) is 7.74. The van der Waals surface area contributed by atoms with Crippen LogP contribution in [-0.4, -0.2) is 26.3 Å².